The van der Waals surface area contributed by atoms with Gasteiger partial charge in [0, 0.05) is 32.7 Å². The van der Waals surface area contributed by atoms with E-state index >= 15 is 0 Å². The second kappa shape index (κ2) is 15.9. The molecule has 52 heavy (non-hydrogen) atoms. The van der Waals surface area contributed by atoms with Crippen LogP contribution in [0, 0.1) is 13.8 Å². The minimum Gasteiger partial charge on any atom is -0.457 e. The molecule has 0 spiro atoms. The minimum absolute atomic E-state index is 0.0712. The Balaban J connectivity index is 1.11. The molecule has 0 aliphatic rings. The van der Waals surface area contributed by atoms with E-state index in [0.717, 1.165) is 16.7 Å². The number of carbonyl (C=O) groups excluding carboxylic acids is 2. The predicted octanol–water partition coefficient (Wildman–Crippen LogP) is 9.49. The van der Waals surface area contributed by atoms with Crippen LogP contribution in [0.5, 0.6) is 11.5 Å². The first-order valence-electron chi connectivity index (χ1n) is 16.0. The lowest BCUT2D eigenvalue weighted by atomic mass is 9.97. The van der Waals surface area contributed by atoms with E-state index in [1.54, 1.807) is 103 Å². The van der Waals surface area contributed by atoms with E-state index in [-0.39, 0.29) is 22.0 Å². The number of hydrogen-bond donors (Lipinski definition) is 2. The maximum Gasteiger partial charge on any atom is 0.295 e. The van der Waals surface area contributed by atoms with Crippen molar-refractivity contribution in [2.24, 2.45) is 0 Å². The van der Waals surface area contributed by atoms with E-state index in [9.17, 15) is 22.6 Å². The molecule has 262 valence electrons. The van der Waals surface area contributed by atoms with Gasteiger partial charge < -0.3 is 4.74 Å². The number of ether oxygens (including phenoxy) is 1. The lowest BCUT2D eigenvalue weighted by Crippen LogP contribution is -2.04. The van der Waals surface area contributed by atoms with E-state index in [4.69, 9.17) is 9.99 Å². The highest BCUT2D eigenvalue weighted by atomic mass is 32.2. The van der Waals surface area contributed by atoms with Gasteiger partial charge >= 0.3 is 0 Å². The second-order valence-corrected chi connectivity index (χ2v) is 14.2. The minimum atomic E-state index is -4.63. The van der Waals surface area contributed by atoms with Gasteiger partial charge in [-0.05, 0) is 103 Å². The Bertz CT molecular complexity index is 2340. The molecular weight excluding hydrogens is 701 g/mol. The molecule has 11 heteroatoms. The number of rotatable bonds is 13. The monoisotopic (exact) mass is 732 g/mol. The van der Waals surface area contributed by atoms with Gasteiger partial charge in [0.1, 0.15) is 16.4 Å². The molecule has 0 aliphatic heterocycles. The molecule has 0 bridgehead atoms. The average Bonchev–Trinajstić information content (AvgIpc) is 3.14. The Labute approximate surface area is 305 Å². The number of benzene rings is 6. The molecule has 0 atom stereocenters. The Morgan fingerprint density at radius 3 is 1.58 bits per heavy atom. The Morgan fingerprint density at radius 2 is 1.06 bits per heavy atom. The van der Waals surface area contributed by atoms with E-state index in [1.165, 1.54) is 6.07 Å². The van der Waals surface area contributed by atoms with E-state index < -0.39 is 10.1 Å². The zero-order valence-corrected chi connectivity index (χ0v) is 29.6. The Kier molecular flexibility index (Phi) is 11.1. The van der Waals surface area contributed by atoms with Crippen LogP contribution < -0.4 is 4.74 Å². The van der Waals surface area contributed by atoms with Gasteiger partial charge in [0.2, 0.25) is 0 Å². The van der Waals surface area contributed by atoms with E-state index in [1.807, 2.05) is 38.1 Å². The van der Waals surface area contributed by atoms with E-state index in [0.29, 0.717) is 68.2 Å². The summed E-state index contributed by atoms with van der Waals surface area (Å²) < 4.78 is 45.6. The molecule has 0 saturated carbocycles. The molecule has 0 amide bonds. The van der Waals surface area contributed by atoms with Gasteiger partial charge in [-0.3, -0.25) is 14.1 Å². The van der Waals surface area contributed by atoms with Crippen molar-refractivity contribution in [1.29, 1.82) is 0 Å². The third-order valence-electron chi connectivity index (χ3n) is 8.31. The Morgan fingerprint density at radius 1 is 0.596 bits per heavy atom. The van der Waals surface area contributed by atoms with Gasteiger partial charge in [-0.2, -0.15) is 8.42 Å². The van der Waals surface area contributed by atoms with Crippen LogP contribution in [-0.2, 0) is 25.9 Å². The van der Waals surface area contributed by atoms with Crippen LogP contribution in [0.1, 0.15) is 54.1 Å². The van der Waals surface area contributed by atoms with Gasteiger partial charge in [0.05, 0.1) is 12.0 Å². The van der Waals surface area contributed by atoms with Crippen LogP contribution in [0.25, 0.3) is 11.1 Å². The lowest BCUT2D eigenvalue weighted by Gasteiger charge is -2.14. The lowest BCUT2D eigenvalue weighted by molar-refractivity contribution is -0.432. The molecule has 0 aromatic heterocycles. The molecule has 6 aromatic rings. The summed E-state index contributed by atoms with van der Waals surface area (Å²) in [7, 11) is -4.63. The molecule has 0 radical (unpaired) electrons. The van der Waals surface area contributed by atoms with Crippen molar-refractivity contribution in [3.8, 4) is 22.6 Å². The summed E-state index contributed by atoms with van der Waals surface area (Å²) >= 11 is 0.694. The normalized spacial score (nSPS) is 11.3. The largest absolute Gasteiger partial charge is 0.457 e. The number of aryl methyl sites for hydroxylation is 2. The number of carbonyl (C=O) groups is 2. The summed E-state index contributed by atoms with van der Waals surface area (Å²) in [6, 6.07) is 38.0. The predicted molar refractivity (Wildman–Crippen MR) is 197 cm³/mol. The van der Waals surface area contributed by atoms with Crippen molar-refractivity contribution in [1.82, 2.24) is 0 Å². The topological polar surface area (TPSA) is 136 Å². The van der Waals surface area contributed by atoms with Crippen molar-refractivity contribution in [3.05, 3.63) is 178 Å². The first-order valence-corrected chi connectivity index (χ1v) is 18.2. The fourth-order valence-electron chi connectivity index (χ4n) is 5.62. The zero-order valence-electron chi connectivity index (χ0n) is 28.0. The van der Waals surface area contributed by atoms with Gasteiger partial charge in [-0.25, -0.2) is 5.26 Å². The van der Waals surface area contributed by atoms with Gasteiger partial charge in [-0.15, -0.1) is 4.33 Å². The Hall–Kier alpha value is -5.40. The molecule has 0 heterocycles. The summed E-state index contributed by atoms with van der Waals surface area (Å²) in [6.07, 6.45) is 0.335. The van der Waals surface area contributed by atoms with Crippen LogP contribution in [0.3, 0.4) is 0 Å². The summed E-state index contributed by atoms with van der Waals surface area (Å²) in [5.41, 5.74) is 6.19. The maximum atomic E-state index is 13.3. The quantitative estimate of drug-likeness (QED) is 0.0388. The summed E-state index contributed by atoms with van der Waals surface area (Å²) in [6.45, 7) is 3.81. The number of ketones is 2. The SMILES string of the molecule is Cc1ccc(C(=O)c2ccc(Oc3ccc(C(=O)c4ccc(Cc5ccc(-c6ccc(C)cc6SOOO)c(S(=O)(=O)O)c5)cc4)cc3)cc2)cc1. The van der Waals surface area contributed by atoms with Crippen LogP contribution in [0.4, 0.5) is 0 Å². The molecule has 0 unspecified atom stereocenters. The summed E-state index contributed by atoms with van der Waals surface area (Å²) in [5, 5.41) is 12.3. The third-order valence-corrected chi connectivity index (χ3v) is 9.85. The van der Waals surface area contributed by atoms with Gasteiger partial charge in [0.25, 0.3) is 10.1 Å². The molecule has 0 fully saturated rings. The van der Waals surface area contributed by atoms with Crippen molar-refractivity contribution in [3.63, 3.8) is 0 Å². The van der Waals surface area contributed by atoms with Crippen molar-refractivity contribution in [2.75, 3.05) is 0 Å². The van der Waals surface area contributed by atoms with Crippen molar-refractivity contribution < 1.29 is 41.9 Å². The molecule has 2 N–H and O–H groups in total. The molecule has 0 aliphatic carbocycles. The van der Waals surface area contributed by atoms with Crippen LogP contribution in [0.2, 0.25) is 0 Å². The highest BCUT2D eigenvalue weighted by molar-refractivity contribution is 7.94. The van der Waals surface area contributed by atoms with Crippen molar-refractivity contribution in [2.45, 2.75) is 30.1 Å². The average molecular weight is 733 g/mol. The van der Waals surface area contributed by atoms with Crippen LogP contribution >= 0.6 is 12.0 Å². The highest BCUT2D eigenvalue weighted by Gasteiger charge is 2.21. The first kappa shape index (κ1) is 36.4. The summed E-state index contributed by atoms with van der Waals surface area (Å²) in [4.78, 5) is 26.2. The van der Waals surface area contributed by atoms with Gasteiger partial charge in [-0.1, -0.05) is 83.4 Å². The fraction of sp³-hybridized carbons (Fsp3) is 0.0732. The summed E-state index contributed by atoms with van der Waals surface area (Å²) in [5.74, 6) is 0.829. The van der Waals surface area contributed by atoms with Gasteiger partial charge in [0.15, 0.2) is 11.6 Å². The zero-order chi connectivity index (χ0) is 36.8. The second-order valence-electron chi connectivity index (χ2n) is 12.1. The fourth-order valence-corrected chi connectivity index (χ4v) is 6.98. The molecular formula is C41H32O9S2. The highest BCUT2D eigenvalue weighted by Crippen LogP contribution is 2.37. The standard InChI is InChI=1S/C41H32O9S2/c1-26-3-9-30(10-4-26)40(42)32-13-17-34(18-14-32)48-35-19-15-33(16-20-35)41(43)31-11-6-28(7-12-31)24-29-8-22-37(39(25-29)52(45,46)47)36-21-5-27(2)23-38(36)51-50-49-44/h3-23,25,44H,24H2,1-2H3,(H,45,46,47). The van der Waals surface area contributed by atoms with Crippen molar-refractivity contribution >= 4 is 33.7 Å². The van der Waals surface area contributed by atoms with Crippen LogP contribution in [0.15, 0.2) is 143 Å². The third kappa shape index (κ3) is 8.72. The molecule has 6 rings (SSSR count). The van der Waals surface area contributed by atoms with E-state index in [2.05, 4.69) is 9.37 Å². The van der Waals surface area contributed by atoms with Crippen LogP contribution in [-0.4, -0.2) is 29.8 Å². The smallest absolute Gasteiger partial charge is 0.295 e. The first-order chi connectivity index (χ1) is 25.0. The number of hydrogen-bond acceptors (Lipinski definition) is 9. The molecule has 0 saturated heterocycles. The molecule has 9 nitrogen and oxygen atoms in total. The maximum absolute atomic E-state index is 13.3. The molecule has 6 aromatic carbocycles.